The second-order valence-corrected chi connectivity index (χ2v) is 2.64. The van der Waals surface area contributed by atoms with Crippen molar-refractivity contribution < 1.29 is 4.79 Å². The molecule has 1 amide bonds. The molecule has 0 atom stereocenters. The highest BCUT2D eigenvalue weighted by atomic mass is 16.1. The summed E-state index contributed by atoms with van der Waals surface area (Å²) in [5.41, 5.74) is 1.96. The van der Waals surface area contributed by atoms with Crippen LogP contribution in [0, 0.1) is 0 Å². The van der Waals surface area contributed by atoms with Gasteiger partial charge in [-0.2, -0.15) is 0 Å². The number of aromatic nitrogens is 1. The van der Waals surface area contributed by atoms with Crippen molar-refractivity contribution in [2.24, 2.45) is 0 Å². The number of aryl methyl sites for hydroxylation is 1. The van der Waals surface area contributed by atoms with Gasteiger partial charge in [0.25, 0.3) is 5.91 Å². The van der Waals surface area contributed by atoms with Gasteiger partial charge in [0.2, 0.25) is 0 Å². The van der Waals surface area contributed by atoms with Crippen LogP contribution in [0.2, 0.25) is 0 Å². The number of rotatable bonds is 1. The second kappa shape index (κ2) is 2.12. The monoisotopic (exact) mass is 150 g/mol. The molecular formula is C8H10N2O. The Labute approximate surface area is 65.0 Å². The van der Waals surface area contributed by atoms with Gasteiger partial charge in [0.15, 0.2) is 0 Å². The van der Waals surface area contributed by atoms with E-state index in [-0.39, 0.29) is 5.91 Å². The van der Waals surface area contributed by atoms with Gasteiger partial charge >= 0.3 is 0 Å². The Balaban J connectivity index is 2.52. The topological polar surface area (TPSA) is 34.0 Å². The number of carbonyl (C=O) groups excluding carboxylic acids is 1. The van der Waals surface area contributed by atoms with Crippen LogP contribution in [-0.2, 0) is 13.1 Å². The van der Waals surface area contributed by atoms with Gasteiger partial charge in [-0.05, 0) is 13.0 Å². The van der Waals surface area contributed by atoms with Crippen molar-refractivity contribution >= 4 is 5.91 Å². The van der Waals surface area contributed by atoms with E-state index in [0.29, 0.717) is 6.54 Å². The van der Waals surface area contributed by atoms with Crippen molar-refractivity contribution in [1.29, 1.82) is 0 Å². The number of hydrogen-bond acceptors (Lipinski definition) is 1. The Morgan fingerprint density at radius 3 is 3.27 bits per heavy atom. The molecule has 0 fully saturated rings. The first kappa shape index (κ1) is 6.46. The molecule has 0 saturated heterocycles. The van der Waals surface area contributed by atoms with E-state index >= 15 is 0 Å². The van der Waals surface area contributed by atoms with Crippen molar-refractivity contribution in [3.05, 3.63) is 23.5 Å². The molecule has 0 spiro atoms. The summed E-state index contributed by atoms with van der Waals surface area (Å²) in [5, 5.41) is 2.78. The molecule has 3 heteroatoms. The molecule has 1 aromatic heterocycles. The highest BCUT2D eigenvalue weighted by Gasteiger charge is 2.21. The fourth-order valence-electron chi connectivity index (χ4n) is 1.46. The van der Waals surface area contributed by atoms with Gasteiger partial charge < -0.3 is 9.88 Å². The van der Waals surface area contributed by atoms with Crippen molar-refractivity contribution in [3.8, 4) is 0 Å². The first-order chi connectivity index (χ1) is 5.33. The Bertz CT molecular complexity index is 301. The minimum absolute atomic E-state index is 0.0622. The van der Waals surface area contributed by atoms with E-state index in [1.54, 1.807) is 0 Å². The van der Waals surface area contributed by atoms with Gasteiger partial charge in [-0.15, -0.1) is 0 Å². The molecule has 1 aliphatic heterocycles. The van der Waals surface area contributed by atoms with Crippen LogP contribution in [0.5, 0.6) is 0 Å². The van der Waals surface area contributed by atoms with Gasteiger partial charge in [0.1, 0.15) is 0 Å². The van der Waals surface area contributed by atoms with Gasteiger partial charge in [0.05, 0.1) is 12.1 Å². The average Bonchev–Trinajstić information content (AvgIpc) is 2.53. The zero-order valence-electron chi connectivity index (χ0n) is 6.42. The number of fused-ring (bicyclic) bond motifs is 1. The van der Waals surface area contributed by atoms with Crippen LogP contribution in [0.3, 0.4) is 0 Å². The number of nitrogens with one attached hydrogen (secondary N) is 1. The van der Waals surface area contributed by atoms with Crippen LogP contribution < -0.4 is 5.32 Å². The number of hydrogen-bond donors (Lipinski definition) is 1. The Morgan fingerprint density at radius 2 is 2.55 bits per heavy atom. The lowest BCUT2D eigenvalue weighted by atomic mass is 10.3. The Kier molecular flexibility index (Phi) is 1.24. The maximum absolute atomic E-state index is 11.1. The molecular weight excluding hydrogens is 140 g/mol. The van der Waals surface area contributed by atoms with Crippen molar-refractivity contribution in [3.63, 3.8) is 0 Å². The van der Waals surface area contributed by atoms with Crippen molar-refractivity contribution in [1.82, 2.24) is 9.88 Å². The van der Waals surface area contributed by atoms with Crippen molar-refractivity contribution in [2.75, 3.05) is 0 Å². The summed E-state index contributed by atoms with van der Waals surface area (Å²) in [4.78, 5) is 11.1. The molecule has 1 aromatic rings. The SMILES string of the molecule is CCn1ccc2c1CNC2=O. The highest BCUT2D eigenvalue weighted by Crippen LogP contribution is 2.15. The summed E-state index contributed by atoms with van der Waals surface area (Å²) in [6, 6.07) is 1.88. The summed E-state index contributed by atoms with van der Waals surface area (Å²) in [6.07, 6.45) is 1.96. The molecule has 2 heterocycles. The predicted octanol–water partition coefficient (Wildman–Crippen LogP) is 0.751. The van der Waals surface area contributed by atoms with E-state index in [1.165, 1.54) is 0 Å². The quantitative estimate of drug-likeness (QED) is 0.629. The van der Waals surface area contributed by atoms with Gasteiger partial charge in [-0.25, -0.2) is 0 Å². The zero-order valence-corrected chi connectivity index (χ0v) is 6.42. The molecule has 58 valence electrons. The molecule has 0 radical (unpaired) electrons. The maximum Gasteiger partial charge on any atom is 0.253 e. The standard InChI is InChI=1S/C8H10N2O/c1-2-10-4-3-6-7(10)5-9-8(6)11/h3-4H,2,5H2,1H3,(H,9,11). The lowest BCUT2D eigenvalue weighted by Crippen LogP contribution is -2.13. The Hall–Kier alpha value is -1.25. The van der Waals surface area contributed by atoms with Crippen LogP contribution in [0.25, 0.3) is 0 Å². The summed E-state index contributed by atoms with van der Waals surface area (Å²) in [6.45, 7) is 3.70. The average molecular weight is 150 g/mol. The minimum atomic E-state index is 0.0622. The third kappa shape index (κ3) is 0.770. The summed E-state index contributed by atoms with van der Waals surface area (Å²) < 4.78 is 2.09. The maximum atomic E-state index is 11.1. The molecule has 1 aliphatic rings. The van der Waals surface area contributed by atoms with Gasteiger partial charge in [-0.1, -0.05) is 0 Å². The number of carbonyl (C=O) groups is 1. The molecule has 2 rings (SSSR count). The molecule has 3 nitrogen and oxygen atoms in total. The normalized spacial score (nSPS) is 14.8. The smallest absolute Gasteiger partial charge is 0.253 e. The van der Waals surface area contributed by atoms with E-state index in [0.717, 1.165) is 17.8 Å². The first-order valence-corrected chi connectivity index (χ1v) is 3.79. The minimum Gasteiger partial charge on any atom is -0.349 e. The van der Waals surface area contributed by atoms with Crippen LogP contribution >= 0.6 is 0 Å². The van der Waals surface area contributed by atoms with Crippen LogP contribution in [-0.4, -0.2) is 10.5 Å². The molecule has 1 N–H and O–H groups in total. The number of amides is 1. The van der Waals surface area contributed by atoms with E-state index < -0.39 is 0 Å². The molecule has 0 bridgehead atoms. The molecule has 0 unspecified atom stereocenters. The zero-order chi connectivity index (χ0) is 7.84. The summed E-state index contributed by atoms with van der Waals surface area (Å²) in [7, 11) is 0. The highest BCUT2D eigenvalue weighted by molar-refractivity contribution is 5.97. The fourth-order valence-corrected chi connectivity index (χ4v) is 1.46. The van der Waals surface area contributed by atoms with E-state index in [4.69, 9.17) is 0 Å². The fraction of sp³-hybridized carbons (Fsp3) is 0.375. The van der Waals surface area contributed by atoms with Crippen LogP contribution in [0.15, 0.2) is 12.3 Å². The van der Waals surface area contributed by atoms with E-state index in [1.807, 2.05) is 12.3 Å². The van der Waals surface area contributed by atoms with Crippen molar-refractivity contribution in [2.45, 2.75) is 20.0 Å². The Morgan fingerprint density at radius 1 is 1.73 bits per heavy atom. The molecule has 0 aromatic carbocycles. The number of nitrogens with zero attached hydrogens (tertiary/aromatic N) is 1. The third-order valence-electron chi connectivity index (χ3n) is 2.08. The molecule has 0 saturated carbocycles. The van der Waals surface area contributed by atoms with Crippen LogP contribution in [0.1, 0.15) is 23.0 Å². The van der Waals surface area contributed by atoms with Gasteiger partial charge in [0, 0.05) is 18.4 Å². The van der Waals surface area contributed by atoms with E-state index in [2.05, 4.69) is 16.8 Å². The molecule has 0 aliphatic carbocycles. The van der Waals surface area contributed by atoms with Gasteiger partial charge in [-0.3, -0.25) is 4.79 Å². The lowest BCUT2D eigenvalue weighted by Gasteiger charge is -2.00. The predicted molar refractivity (Wildman–Crippen MR) is 41.3 cm³/mol. The molecule has 11 heavy (non-hydrogen) atoms. The lowest BCUT2D eigenvalue weighted by molar-refractivity contribution is 0.0965. The summed E-state index contributed by atoms with van der Waals surface area (Å²) >= 11 is 0. The largest absolute Gasteiger partial charge is 0.349 e. The van der Waals surface area contributed by atoms with Crippen LogP contribution in [0.4, 0.5) is 0 Å². The van der Waals surface area contributed by atoms with E-state index in [9.17, 15) is 4.79 Å². The second-order valence-electron chi connectivity index (χ2n) is 2.64. The summed E-state index contributed by atoms with van der Waals surface area (Å²) in [5.74, 6) is 0.0622. The first-order valence-electron chi connectivity index (χ1n) is 3.79. The third-order valence-corrected chi connectivity index (χ3v) is 2.08.